The average Bonchev–Trinajstić information content (AvgIpc) is 3.05. The summed E-state index contributed by atoms with van der Waals surface area (Å²) in [6.07, 6.45) is 2.01. The van der Waals surface area contributed by atoms with E-state index in [1.165, 1.54) is 7.11 Å². The summed E-state index contributed by atoms with van der Waals surface area (Å²) in [6, 6.07) is 1.56. The molecule has 2 heterocycles. The lowest BCUT2D eigenvalue weighted by molar-refractivity contribution is 0.0225. The Kier molecular flexibility index (Phi) is 4.73. The fourth-order valence-corrected chi connectivity index (χ4v) is 2.46. The first-order valence-corrected chi connectivity index (χ1v) is 7.33. The minimum Gasteiger partial charge on any atom is -0.463 e. The summed E-state index contributed by atoms with van der Waals surface area (Å²) in [5.74, 6) is -0.492. The predicted molar refractivity (Wildman–Crippen MR) is 77.5 cm³/mol. The minimum absolute atomic E-state index is 0.00504. The van der Waals surface area contributed by atoms with Gasteiger partial charge >= 0.3 is 12.1 Å². The van der Waals surface area contributed by atoms with Crippen molar-refractivity contribution in [3.05, 3.63) is 17.5 Å². The molecule has 22 heavy (non-hydrogen) atoms. The van der Waals surface area contributed by atoms with E-state index in [2.05, 4.69) is 9.89 Å². The van der Waals surface area contributed by atoms with E-state index in [9.17, 15) is 9.59 Å². The first kappa shape index (κ1) is 16.3. The molecule has 0 saturated carbocycles. The first-order chi connectivity index (χ1) is 10.3. The van der Waals surface area contributed by atoms with Crippen LogP contribution in [-0.2, 0) is 15.9 Å². The number of likely N-dealkylation sites (tertiary alicyclic amines) is 1. The van der Waals surface area contributed by atoms with Gasteiger partial charge in [-0.25, -0.2) is 9.59 Å². The van der Waals surface area contributed by atoms with E-state index < -0.39 is 11.6 Å². The van der Waals surface area contributed by atoms with Crippen LogP contribution in [0.1, 0.15) is 49.9 Å². The summed E-state index contributed by atoms with van der Waals surface area (Å²) < 4.78 is 14.9. The van der Waals surface area contributed by atoms with Crippen LogP contribution < -0.4 is 0 Å². The van der Waals surface area contributed by atoms with E-state index in [-0.39, 0.29) is 17.9 Å². The van der Waals surface area contributed by atoms with Gasteiger partial charge in [0.1, 0.15) is 5.60 Å². The highest BCUT2D eigenvalue weighted by atomic mass is 16.6. The quantitative estimate of drug-likeness (QED) is 0.797. The van der Waals surface area contributed by atoms with Crippen LogP contribution in [0.4, 0.5) is 4.79 Å². The molecule has 1 atom stereocenters. The van der Waals surface area contributed by atoms with Crippen molar-refractivity contribution < 1.29 is 23.6 Å². The maximum atomic E-state index is 12.2. The van der Waals surface area contributed by atoms with Crippen molar-refractivity contribution in [1.82, 2.24) is 10.1 Å². The molecule has 1 aromatic heterocycles. The van der Waals surface area contributed by atoms with E-state index >= 15 is 0 Å². The topological polar surface area (TPSA) is 81.9 Å². The summed E-state index contributed by atoms with van der Waals surface area (Å²) in [6.45, 7) is 6.20. The van der Waals surface area contributed by atoms with Crippen molar-refractivity contribution >= 4 is 12.1 Å². The Morgan fingerprint density at radius 3 is 2.82 bits per heavy atom. The third kappa shape index (κ3) is 3.99. The highest BCUT2D eigenvalue weighted by Crippen LogP contribution is 2.23. The molecule has 0 spiro atoms. The number of methoxy groups -OCH3 is 1. The molecule has 1 aliphatic rings. The minimum atomic E-state index is -0.561. The lowest BCUT2D eigenvalue weighted by Crippen LogP contribution is -2.40. The molecule has 7 nitrogen and oxygen atoms in total. The molecule has 1 saturated heterocycles. The molecule has 0 N–H and O–H groups in total. The Balaban J connectivity index is 2.00. The Hall–Kier alpha value is -2.05. The van der Waals surface area contributed by atoms with Gasteiger partial charge in [-0.15, -0.1) is 0 Å². The number of amides is 1. The van der Waals surface area contributed by atoms with Gasteiger partial charge in [-0.05, 0) is 33.6 Å². The Morgan fingerprint density at radius 1 is 1.45 bits per heavy atom. The van der Waals surface area contributed by atoms with Gasteiger partial charge in [0.25, 0.3) is 0 Å². The van der Waals surface area contributed by atoms with E-state index in [0.717, 1.165) is 12.8 Å². The third-order valence-corrected chi connectivity index (χ3v) is 3.40. The SMILES string of the molecule is COC(=O)c1cc(CC2CCCN2C(=O)OC(C)(C)C)no1. The fourth-order valence-electron chi connectivity index (χ4n) is 2.46. The van der Waals surface area contributed by atoms with Crippen LogP contribution in [0.5, 0.6) is 0 Å². The smallest absolute Gasteiger partial charge is 0.410 e. The average molecular weight is 310 g/mol. The Bertz CT molecular complexity index is 546. The first-order valence-electron chi connectivity index (χ1n) is 7.33. The van der Waals surface area contributed by atoms with Crippen LogP contribution in [0, 0.1) is 0 Å². The van der Waals surface area contributed by atoms with Gasteiger partial charge in [-0.3, -0.25) is 0 Å². The van der Waals surface area contributed by atoms with E-state index in [4.69, 9.17) is 9.26 Å². The second kappa shape index (κ2) is 6.37. The number of esters is 1. The maximum absolute atomic E-state index is 12.2. The number of hydrogen-bond acceptors (Lipinski definition) is 6. The molecule has 0 radical (unpaired) electrons. The normalized spacial score (nSPS) is 18.4. The van der Waals surface area contributed by atoms with Gasteiger partial charge in [0.15, 0.2) is 0 Å². The lowest BCUT2D eigenvalue weighted by Gasteiger charge is -2.28. The maximum Gasteiger partial charge on any atom is 0.410 e. The number of aromatic nitrogens is 1. The third-order valence-electron chi connectivity index (χ3n) is 3.40. The van der Waals surface area contributed by atoms with Crippen LogP contribution in [0.3, 0.4) is 0 Å². The van der Waals surface area contributed by atoms with Gasteiger partial charge in [0.05, 0.1) is 12.8 Å². The largest absolute Gasteiger partial charge is 0.463 e. The van der Waals surface area contributed by atoms with Gasteiger partial charge in [0, 0.05) is 25.1 Å². The highest BCUT2D eigenvalue weighted by Gasteiger charge is 2.33. The van der Waals surface area contributed by atoms with Crippen molar-refractivity contribution in [3.63, 3.8) is 0 Å². The zero-order valence-corrected chi connectivity index (χ0v) is 13.4. The van der Waals surface area contributed by atoms with Gasteiger partial charge in [-0.1, -0.05) is 5.16 Å². The molecular weight excluding hydrogens is 288 g/mol. The lowest BCUT2D eigenvalue weighted by atomic mass is 10.1. The summed E-state index contributed by atoms with van der Waals surface area (Å²) in [7, 11) is 1.28. The van der Waals surface area contributed by atoms with Crippen LogP contribution >= 0.6 is 0 Å². The van der Waals surface area contributed by atoms with Gasteiger partial charge in [-0.2, -0.15) is 0 Å². The molecule has 0 aliphatic carbocycles. The predicted octanol–water partition coefficient (Wildman–Crippen LogP) is 2.40. The molecule has 2 rings (SSSR count). The second-order valence-corrected chi connectivity index (χ2v) is 6.35. The fraction of sp³-hybridized carbons (Fsp3) is 0.667. The number of hydrogen-bond donors (Lipinski definition) is 0. The summed E-state index contributed by atoms with van der Waals surface area (Å²) in [5, 5.41) is 3.86. The zero-order valence-electron chi connectivity index (χ0n) is 13.4. The molecule has 1 aliphatic heterocycles. The van der Waals surface area contributed by atoms with Gasteiger partial charge < -0.3 is 18.9 Å². The molecule has 7 heteroatoms. The number of nitrogens with zero attached hydrogens (tertiary/aromatic N) is 2. The van der Waals surface area contributed by atoms with Gasteiger partial charge in [0.2, 0.25) is 5.76 Å². The van der Waals surface area contributed by atoms with E-state index in [1.807, 2.05) is 20.8 Å². The van der Waals surface area contributed by atoms with Crippen molar-refractivity contribution in [1.29, 1.82) is 0 Å². The zero-order chi connectivity index (χ0) is 16.3. The Labute approximate surface area is 129 Å². The van der Waals surface area contributed by atoms with Crippen LogP contribution in [0.25, 0.3) is 0 Å². The number of carbonyl (C=O) groups is 2. The molecular formula is C15H22N2O5. The molecule has 1 aromatic rings. The number of carbonyl (C=O) groups excluding carboxylic acids is 2. The summed E-state index contributed by atoms with van der Waals surface area (Å²) >= 11 is 0. The van der Waals surface area contributed by atoms with Crippen molar-refractivity contribution in [2.24, 2.45) is 0 Å². The highest BCUT2D eigenvalue weighted by molar-refractivity contribution is 5.86. The van der Waals surface area contributed by atoms with Crippen LogP contribution in [-0.4, -0.2) is 47.4 Å². The summed E-state index contributed by atoms with van der Waals surface area (Å²) in [4.78, 5) is 25.3. The van der Waals surface area contributed by atoms with Crippen LogP contribution in [0.2, 0.25) is 0 Å². The van der Waals surface area contributed by atoms with Crippen molar-refractivity contribution in [2.45, 2.75) is 51.7 Å². The summed E-state index contributed by atoms with van der Waals surface area (Å²) in [5.41, 5.74) is 0.108. The number of rotatable bonds is 3. The standard InChI is InChI=1S/C15H22N2O5/c1-15(2,3)21-14(19)17-7-5-6-11(17)8-10-9-12(22-16-10)13(18)20-4/h9,11H,5-8H2,1-4H3. The second-order valence-electron chi connectivity index (χ2n) is 6.35. The Morgan fingerprint density at radius 2 is 2.18 bits per heavy atom. The van der Waals surface area contributed by atoms with Crippen LogP contribution in [0.15, 0.2) is 10.6 Å². The van der Waals surface area contributed by atoms with Crippen molar-refractivity contribution in [2.75, 3.05) is 13.7 Å². The molecule has 1 unspecified atom stereocenters. The molecule has 1 amide bonds. The molecule has 0 bridgehead atoms. The van der Waals surface area contributed by atoms with E-state index in [1.54, 1.807) is 11.0 Å². The van der Waals surface area contributed by atoms with E-state index in [0.29, 0.717) is 18.7 Å². The molecule has 0 aromatic carbocycles. The number of ether oxygens (including phenoxy) is 2. The monoisotopic (exact) mass is 310 g/mol. The molecule has 1 fully saturated rings. The molecule has 122 valence electrons. The van der Waals surface area contributed by atoms with Crippen molar-refractivity contribution in [3.8, 4) is 0 Å².